The predicted octanol–water partition coefficient (Wildman–Crippen LogP) is 3.58. The molecular weight excluding hydrogens is 472 g/mol. The number of aryl methyl sites for hydroxylation is 1. The molecule has 3 aromatic rings. The summed E-state index contributed by atoms with van der Waals surface area (Å²) in [6.07, 6.45) is 1.84. The number of carbonyl (C=O) groups excluding carboxylic acids is 1. The maximum atomic E-state index is 13.7. The Hall–Kier alpha value is -4.02. The van der Waals surface area contributed by atoms with Crippen molar-refractivity contribution < 1.29 is 14.7 Å². The fraction of sp³-hybridized carbons (Fsp3) is 0.462. The van der Waals surface area contributed by atoms with Gasteiger partial charge in [0.25, 0.3) is 5.91 Å². The van der Waals surface area contributed by atoms with Gasteiger partial charge in [-0.25, -0.2) is 14.8 Å². The van der Waals surface area contributed by atoms with Crippen molar-refractivity contribution in [3.8, 4) is 11.5 Å². The molecule has 0 radical (unpaired) electrons. The third kappa shape index (κ3) is 4.38. The van der Waals surface area contributed by atoms with Crippen molar-refractivity contribution >= 4 is 23.6 Å². The number of amides is 2. The number of hydrogen-bond acceptors (Lipinski definition) is 7. The van der Waals surface area contributed by atoms with Gasteiger partial charge in [-0.15, -0.1) is 10.2 Å². The molecule has 1 atom stereocenters. The van der Waals surface area contributed by atoms with Crippen LogP contribution in [0.5, 0.6) is 0 Å². The van der Waals surface area contributed by atoms with Crippen molar-refractivity contribution in [2.45, 2.75) is 65.7 Å². The summed E-state index contributed by atoms with van der Waals surface area (Å²) in [5, 5.41) is 18.1. The van der Waals surface area contributed by atoms with E-state index in [4.69, 9.17) is 9.97 Å². The number of nitrogens with zero attached hydrogens (tertiary/aromatic N) is 8. The molecule has 0 bridgehead atoms. The third-order valence-corrected chi connectivity index (χ3v) is 7.25. The van der Waals surface area contributed by atoms with E-state index in [1.807, 2.05) is 36.6 Å². The number of carbonyl (C=O) groups is 2. The SMILES string of the molecule is CCc1nnc(-c2cccc(N3Cc4c(cc(N5CCC[C@H]5C)nc4CN(C)C(=O)O)C3=O)n2)n1CC. The van der Waals surface area contributed by atoms with Gasteiger partial charge in [0.05, 0.1) is 24.3 Å². The quantitative estimate of drug-likeness (QED) is 0.518. The maximum Gasteiger partial charge on any atom is 0.407 e. The first kappa shape index (κ1) is 24.7. The average molecular weight is 505 g/mol. The number of pyridine rings is 2. The molecule has 0 spiro atoms. The molecule has 2 aliphatic heterocycles. The van der Waals surface area contributed by atoms with Gasteiger partial charge in [0.1, 0.15) is 23.2 Å². The molecule has 5 heterocycles. The number of anilines is 2. The van der Waals surface area contributed by atoms with E-state index in [9.17, 15) is 14.7 Å². The Bertz CT molecular complexity index is 1350. The molecule has 11 heteroatoms. The smallest absolute Gasteiger partial charge is 0.407 e. The van der Waals surface area contributed by atoms with Crippen molar-refractivity contribution in [2.75, 3.05) is 23.4 Å². The molecule has 37 heavy (non-hydrogen) atoms. The van der Waals surface area contributed by atoms with Gasteiger partial charge in [-0.2, -0.15) is 0 Å². The summed E-state index contributed by atoms with van der Waals surface area (Å²) >= 11 is 0. The van der Waals surface area contributed by atoms with Gasteiger partial charge in [-0.05, 0) is 44.9 Å². The summed E-state index contributed by atoms with van der Waals surface area (Å²) in [4.78, 5) is 40.0. The maximum absolute atomic E-state index is 13.7. The molecule has 1 fully saturated rings. The first-order chi connectivity index (χ1) is 17.8. The Morgan fingerprint density at radius 3 is 2.68 bits per heavy atom. The molecule has 3 aromatic heterocycles. The average Bonchev–Trinajstić information content (AvgIpc) is 3.60. The number of hydrogen-bond donors (Lipinski definition) is 1. The Morgan fingerprint density at radius 1 is 1.19 bits per heavy atom. The second-order valence-electron chi connectivity index (χ2n) is 9.59. The molecule has 1 N–H and O–H groups in total. The number of aromatic nitrogens is 5. The van der Waals surface area contributed by atoms with Crippen LogP contribution in [0.4, 0.5) is 16.4 Å². The summed E-state index contributed by atoms with van der Waals surface area (Å²) in [5.74, 6) is 2.62. The van der Waals surface area contributed by atoms with E-state index >= 15 is 0 Å². The lowest BCUT2D eigenvalue weighted by molar-refractivity contribution is 0.0996. The highest BCUT2D eigenvalue weighted by Gasteiger charge is 2.35. The van der Waals surface area contributed by atoms with E-state index in [-0.39, 0.29) is 19.0 Å². The lowest BCUT2D eigenvalue weighted by atomic mass is 10.1. The molecule has 2 aliphatic rings. The minimum Gasteiger partial charge on any atom is -0.465 e. The van der Waals surface area contributed by atoms with Gasteiger partial charge in [-0.1, -0.05) is 13.0 Å². The molecule has 11 nitrogen and oxygen atoms in total. The van der Waals surface area contributed by atoms with Crippen LogP contribution in [0, 0.1) is 0 Å². The largest absolute Gasteiger partial charge is 0.465 e. The lowest BCUT2D eigenvalue weighted by Gasteiger charge is -2.24. The molecule has 0 saturated carbocycles. The van der Waals surface area contributed by atoms with E-state index in [1.54, 1.807) is 11.0 Å². The van der Waals surface area contributed by atoms with E-state index in [2.05, 4.69) is 22.0 Å². The van der Waals surface area contributed by atoms with Gasteiger partial charge in [-0.3, -0.25) is 9.69 Å². The van der Waals surface area contributed by atoms with Crippen molar-refractivity contribution in [1.82, 2.24) is 29.6 Å². The van der Waals surface area contributed by atoms with Crippen molar-refractivity contribution in [3.63, 3.8) is 0 Å². The summed E-state index contributed by atoms with van der Waals surface area (Å²) in [6, 6.07) is 7.71. The zero-order chi connectivity index (χ0) is 26.3. The zero-order valence-corrected chi connectivity index (χ0v) is 21.7. The standard InChI is InChI=1S/C26H32N8O3/c1-5-21-29-30-24(32(21)6-2)19-10-7-11-22(27-19)34-14-18-17(25(34)35)13-23(33-12-8-9-16(33)3)28-20(18)15-31(4)26(36)37/h7,10-11,13,16H,5-6,8-9,12,14-15H2,1-4H3,(H,36,37)/t16-/m1/s1. The van der Waals surface area contributed by atoms with Gasteiger partial charge in [0, 0.05) is 38.2 Å². The molecule has 5 rings (SSSR count). The number of rotatable bonds is 7. The first-order valence-corrected chi connectivity index (χ1v) is 12.8. The summed E-state index contributed by atoms with van der Waals surface area (Å²) in [5.41, 5.74) is 2.54. The van der Waals surface area contributed by atoms with Gasteiger partial charge < -0.3 is 19.5 Å². The molecule has 2 amide bonds. The van der Waals surface area contributed by atoms with Crippen LogP contribution in [0.1, 0.15) is 61.1 Å². The van der Waals surface area contributed by atoms with Gasteiger partial charge in [0.2, 0.25) is 0 Å². The Balaban J connectivity index is 1.53. The first-order valence-electron chi connectivity index (χ1n) is 12.8. The Kier molecular flexibility index (Phi) is 6.53. The van der Waals surface area contributed by atoms with Gasteiger partial charge >= 0.3 is 6.09 Å². The molecular formula is C26H32N8O3. The normalized spacial score (nSPS) is 17.0. The van der Waals surface area contributed by atoms with Crippen LogP contribution in [-0.4, -0.2) is 66.4 Å². The van der Waals surface area contributed by atoms with Crippen LogP contribution in [-0.2, 0) is 26.1 Å². The fourth-order valence-electron chi connectivity index (χ4n) is 5.20. The van der Waals surface area contributed by atoms with Gasteiger partial charge in [0.15, 0.2) is 5.82 Å². The number of carboxylic acid groups (broad SMARTS) is 1. The predicted molar refractivity (Wildman–Crippen MR) is 139 cm³/mol. The van der Waals surface area contributed by atoms with Crippen molar-refractivity contribution in [1.29, 1.82) is 0 Å². The monoisotopic (exact) mass is 504 g/mol. The van der Waals surface area contributed by atoms with Crippen LogP contribution in [0.3, 0.4) is 0 Å². The zero-order valence-electron chi connectivity index (χ0n) is 21.7. The topological polar surface area (TPSA) is 121 Å². The summed E-state index contributed by atoms with van der Waals surface area (Å²) in [7, 11) is 1.51. The minimum absolute atomic E-state index is 0.0989. The minimum atomic E-state index is -1.04. The third-order valence-electron chi connectivity index (χ3n) is 7.25. The second kappa shape index (κ2) is 9.79. The van der Waals surface area contributed by atoms with Crippen LogP contribution in [0.2, 0.25) is 0 Å². The van der Waals surface area contributed by atoms with Crippen LogP contribution < -0.4 is 9.80 Å². The second-order valence-corrected chi connectivity index (χ2v) is 9.59. The highest BCUT2D eigenvalue weighted by Crippen LogP contribution is 2.34. The van der Waals surface area contributed by atoms with E-state index in [0.717, 1.165) is 49.6 Å². The van der Waals surface area contributed by atoms with Crippen LogP contribution in [0.15, 0.2) is 24.3 Å². The fourth-order valence-corrected chi connectivity index (χ4v) is 5.20. The van der Waals surface area contributed by atoms with E-state index in [1.165, 1.54) is 11.9 Å². The van der Waals surface area contributed by atoms with E-state index in [0.29, 0.717) is 34.6 Å². The molecule has 0 aromatic carbocycles. The lowest BCUT2D eigenvalue weighted by Crippen LogP contribution is -2.29. The summed E-state index contributed by atoms with van der Waals surface area (Å²) in [6.45, 7) is 8.18. The molecule has 0 aliphatic carbocycles. The highest BCUT2D eigenvalue weighted by atomic mass is 16.4. The Labute approximate surface area is 215 Å². The van der Waals surface area contributed by atoms with Crippen molar-refractivity contribution in [2.24, 2.45) is 0 Å². The molecule has 194 valence electrons. The van der Waals surface area contributed by atoms with Crippen LogP contribution in [0.25, 0.3) is 11.5 Å². The van der Waals surface area contributed by atoms with E-state index < -0.39 is 6.09 Å². The van der Waals surface area contributed by atoms with Crippen molar-refractivity contribution in [3.05, 3.63) is 46.9 Å². The highest BCUT2D eigenvalue weighted by molar-refractivity contribution is 6.10. The molecule has 0 unspecified atom stereocenters. The summed E-state index contributed by atoms with van der Waals surface area (Å²) < 4.78 is 2.03. The number of fused-ring (bicyclic) bond motifs is 1. The molecule has 1 saturated heterocycles. The Morgan fingerprint density at radius 2 is 2.00 bits per heavy atom. The van der Waals surface area contributed by atoms with Crippen LogP contribution >= 0.6 is 0 Å².